The van der Waals surface area contributed by atoms with Crippen molar-refractivity contribution in [3.05, 3.63) is 40.5 Å². The summed E-state index contributed by atoms with van der Waals surface area (Å²) in [6, 6.07) is 6.29. The van der Waals surface area contributed by atoms with E-state index in [0.29, 0.717) is 41.1 Å². The maximum Gasteiger partial charge on any atom is 0.252 e. The largest absolute Gasteiger partial charge is 0.388 e. The van der Waals surface area contributed by atoms with Gasteiger partial charge in [-0.1, -0.05) is 50.3 Å². The average molecular weight is 518 g/mol. The van der Waals surface area contributed by atoms with Crippen molar-refractivity contribution in [2.45, 2.75) is 77.0 Å². The lowest BCUT2D eigenvalue weighted by Gasteiger charge is -2.26. The van der Waals surface area contributed by atoms with E-state index >= 15 is 0 Å². The Morgan fingerprint density at radius 1 is 1.17 bits per heavy atom. The molecule has 3 rings (SSSR count). The number of halogens is 1. The number of hydrogen-bond acceptors (Lipinski definition) is 5. The van der Waals surface area contributed by atoms with Crippen LogP contribution in [0.2, 0.25) is 5.02 Å². The van der Waals surface area contributed by atoms with Crippen LogP contribution in [-0.4, -0.2) is 57.8 Å². The molecule has 36 heavy (non-hydrogen) atoms. The van der Waals surface area contributed by atoms with Crippen LogP contribution in [0, 0.1) is 6.92 Å². The van der Waals surface area contributed by atoms with Gasteiger partial charge in [0, 0.05) is 24.8 Å². The van der Waals surface area contributed by atoms with Crippen LogP contribution in [0.4, 0.5) is 0 Å². The number of rotatable bonds is 9. The third-order valence-corrected chi connectivity index (χ3v) is 7.03. The molecule has 3 amide bonds. The summed E-state index contributed by atoms with van der Waals surface area (Å²) in [6.07, 6.45) is 5.93. The van der Waals surface area contributed by atoms with E-state index < -0.39 is 11.6 Å². The van der Waals surface area contributed by atoms with Crippen LogP contribution in [0.1, 0.15) is 67.9 Å². The molecule has 10 heteroatoms. The fourth-order valence-electron chi connectivity index (χ4n) is 4.48. The molecule has 196 valence electrons. The van der Waals surface area contributed by atoms with Gasteiger partial charge in [-0.25, -0.2) is 0 Å². The molecule has 1 fully saturated rings. The quantitative estimate of drug-likeness (QED) is 0.380. The number of carbonyl (C=O) groups excluding carboxylic acids is 3. The van der Waals surface area contributed by atoms with E-state index in [-0.39, 0.29) is 30.8 Å². The van der Waals surface area contributed by atoms with Crippen LogP contribution in [0.3, 0.4) is 0 Å². The zero-order valence-electron chi connectivity index (χ0n) is 21.2. The van der Waals surface area contributed by atoms with Crippen molar-refractivity contribution in [2.24, 2.45) is 0 Å². The van der Waals surface area contributed by atoms with Crippen LogP contribution >= 0.6 is 11.6 Å². The van der Waals surface area contributed by atoms with E-state index in [1.807, 2.05) is 19.9 Å². The van der Waals surface area contributed by atoms with Gasteiger partial charge < -0.3 is 21.1 Å². The molecule has 4 N–H and O–H groups in total. The first kappa shape index (κ1) is 27.7. The van der Waals surface area contributed by atoms with Gasteiger partial charge in [-0.2, -0.15) is 5.10 Å². The normalized spacial score (nSPS) is 16.0. The predicted octanol–water partition coefficient (Wildman–Crippen LogP) is 2.97. The fourth-order valence-corrected chi connectivity index (χ4v) is 4.68. The van der Waals surface area contributed by atoms with Crippen LogP contribution in [0.25, 0.3) is 11.3 Å². The minimum atomic E-state index is -0.888. The zero-order valence-corrected chi connectivity index (χ0v) is 22.0. The van der Waals surface area contributed by atoms with Crippen molar-refractivity contribution in [2.75, 3.05) is 13.6 Å². The highest BCUT2D eigenvalue weighted by atomic mass is 35.5. The second-order valence-electron chi connectivity index (χ2n) is 9.49. The van der Waals surface area contributed by atoms with E-state index in [2.05, 4.69) is 21.0 Å². The highest BCUT2D eigenvalue weighted by Crippen LogP contribution is 2.28. The predicted molar refractivity (Wildman–Crippen MR) is 139 cm³/mol. The van der Waals surface area contributed by atoms with Crippen LogP contribution in [0.5, 0.6) is 0 Å². The molecule has 0 radical (unpaired) electrons. The second-order valence-corrected chi connectivity index (χ2v) is 9.89. The van der Waals surface area contributed by atoms with Gasteiger partial charge in [-0.15, -0.1) is 0 Å². The third-order valence-electron chi connectivity index (χ3n) is 6.70. The van der Waals surface area contributed by atoms with Gasteiger partial charge in [0.05, 0.1) is 21.9 Å². The van der Waals surface area contributed by atoms with Crippen LogP contribution in [-0.2, 0) is 16.1 Å². The SMILES string of the molecule is CCC(NC(=O)Cn1nc(-c2ccc(Cl)c(C(=O)NCC3(O)CCCCCC3)c2)cc1C)C(=O)NC. The van der Waals surface area contributed by atoms with Gasteiger partial charge in [0.15, 0.2) is 0 Å². The highest BCUT2D eigenvalue weighted by Gasteiger charge is 2.29. The van der Waals surface area contributed by atoms with E-state index in [4.69, 9.17) is 11.6 Å². The standard InChI is InChI=1S/C26H36ClN5O4/c1-4-21(25(35)28-3)30-23(33)15-32-17(2)13-22(31-32)18-9-10-20(27)19(14-18)24(34)29-16-26(36)11-7-5-6-8-12-26/h9-10,13-14,21,36H,4-8,11-12,15-16H2,1-3H3,(H,28,35)(H,29,34)(H,30,33). The average Bonchev–Trinajstić information content (AvgIpc) is 3.07. The molecule has 2 aromatic rings. The molecule has 1 heterocycles. The van der Waals surface area contributed by atoms with Gasteiger partial charge in [-0.3, -0.25) is 19.1 Å². The third kappa shape index (κ3) is 7.07. The molecular weight excluding hydrogens is 482 g/mol. The molecule has 1 aliphatic carbocycles. The highest BCUT2D eigenvalue weighted by molar-refractivity contribution is 6.34. The van der Waals surface area contributed by atoms with Crippen molar-refractivity contribution in [3.8, 4) is 11.3 Å². The van der Waals surface area contributed by atoms with Crippen molar-refractivity contribution < 1.29 is 19.5 Å². The van der Waals surface area contributed by atoms with Crippen molar-refractivity contribution in [3.63, 3.8) is 0 Å². The Hall–Kier alpha value is -2.91. The first-order valence-corrected chi connectivity index (χ1v) is 12.9. The Morgan fingerprint density at radius 2 is 1.86 bits per heavy atom. The summed E-state index contributed by atoms with van der Waals surface area (Å²) < 4.78 is 1.55. The lowest BCUT2D eigenvalue weighted by molar-refractivity contribution is -0.129. The van der Waals surface area contributed by atoms with Gasteiger partial charge in [-0.05, 0) is 44.4 Å². The number of nitrogens with zero attached hydrogens (tertiary/aromatic N) is 2. The van der Waals surface area contributed by atoms with Gasteiger partial charge in [0.25, 0.3) is 5.91 Å². The molecule has 0 bridgehead atoms. The lowest BCUT2D eigenvalue weighted by Crippen LogP contribution is -2.46. The summed E-state index contributed by atoms with van der Waals surface area (Å²) in [4.78, 5) is 37.3. The number of carbonyl (C=O) groups is 3. The number of aryl methyl sites for hydroxylation is 1. The molecule has 0 aliphatic heterocycles. The monoisotopic (exact) mass is 517 g/mol. The number of amides is 3. The van der Waals surface area contributed by atoms with Gasteiger partial charge >= 0.3 is 0 Å². The zero-order chi connectivity index (χ0) is 26.3. The maximum atomic E-state index is 12.9. The van der Waals surface area contributed by atoms with E-state index in [9.17, 15) is 19.5 Å². The molecule has 0 spiro atoms. The summed E-state index contributed by atoms with van der Waals surface area (Å²) in [5.41, 5.74) is 1.43. The molecule has 1 unspecified atom stereocenters. The van der Waals surface area contributed by atoms with Crippen LogP contribution in [0.15, 0.2) is 24.3 Å². The van der Waals surface area contributed by atoms with E-state index in [0.717, 1.165) is 31.4 Å². The molecule has 1 aromatic carbocycles. The van der Waals surface area contributed by atoms with Crippen molar-refractivity contribution in [1.82, 2.24) is 25.7 Å². The van der Waals surface area contributed by atoms with Crippen LogP contribution < -0.4 is 16.0 Å². The van der Waals surface area contributed by atoms with Crippen molar-refractivity contribution in [1.29, 1.82) is 0 Å². The summed E-state index contributed by atoms with van der Waals surface area (Å²) in [7, 11) is 1.53. The molecule has 1 aromatic heterocycles. The smallest absolute Gasteiger partial charge is 0.252 e. The summed E-state index contributed by atoms with van der Waals surface area (Å²) in [6.45, 7) is 3.79. The maximum absolute atomic E-state index is 12.9. The minimum Gasteiger partial charge on any atom is -0.388 e. The number of aliphatic hydroxyl groups is 1. The lowest BCUT2D eigenvalue weighted by atomic mass is 9.94. The number of likely N-dealkylation sites (N-methyl/N-ethyl adjacent to an activating group) is 1. The summed E-state index contributed by atoms with van der Waals surface area (Å²) >= 11 is 6.33. The molecular formula is C26H36ClN5O4. The Kier molecular flexibility index (Phi) is 9.50. The first-order valence-electron chi connectivity index (χ1n) is 12.5. The fraction of sp³-hybridized carbons (Fsp3) is 0.538. The number of aromatic nitrogens is 2. The first-order chi connectivity index (χ1) is 17.2. The summed E-state index contributed by atoms with van der Waals surface area (Å²) in [5, 5.41) is 23.8. The molecule has 9 nitrogen and oxygen atoms in total. The molecule has 1 saturated carbocycles. The number of hydrogen-bond donors (Lipinski definition) is 4. The Bertz CT molecular complexity index is 1090. The van der Waals surface area contributed by atoms with E-state index in [1.54, 1.807) is 22.9 Å². The van der Waals surface area contributed by atoms with Gasteiger partial charge in [0.1, 0.15) is 12.6 Å². The second kappa shape index (κ2) is 12.4. The topological polar surface area (TPSA) is 125 Å². The van der Waals surface area contributed by atoms with Crippen molar-refractivity contribution >= 4 is 29.3 Å². The van der Waals surface area contributed by atoms with Gasteiger partial charge in [0.2, 0.25) is 11.8 Å². The minimum absolute atomic E-state index is 0.0428. The molecule has 1 aliphatic rings. The molecule has 1 atom stereocenters. The Balaban J connectivity index is 1.71. The summed E-state index contributed by atoms with van der Waals surface area (Å²) in [5.74, 6) is -0.924. The van der Waals surface area contributed by atoms with E-state index in [1.165, 1.54) is 7.05 Å². The number of nitrogens with one attached hydrogen (secondary N) is 3. The number of benzene rings is 1. The Morgan fingerprint density at radius 3 is 2.50 bits per heavy atom. The molecule has 0 saturated heterocycles. The Labute approximate surface area is 217 Å².